The van der Waals surface area contributed by atoms with E-state index in [4.69, 9.17) is 5.73 Å². The first-order valence-electron chi connectivity index (χ1n) is 7.43. The highest BCUT2D eigenvalue weighted by Gasteiger charge is 2.30. The van der Waals surface area contributed by atoms with Gasteiger partial charge < -0.3 is 20.9 Å². The number of nitrogens with two attached hydrogens (primary N) is 1. The van der Waals surface area contributed by atoms with Crippen molar-refractivity contribution < 1.29 is 23.0 Å². The van der Waals surface area contributed by atoms with E-state index in [0.29, 0.717) is 12.1 Å². The number of aliphatic hydroxyl groups excluding tert-OH is 1. The highest BCUT2D eigenvalue weighted by atomic mass is 127. The van der Waals surface area contributed by atoms with Gasteiger partial charge in [-0.15, -0.1) is 37.1 Å². The second kappa shape index (κ2) is 10.2. The molecular formula is C17H19F3IN3O2. The molecule has 5 nitrogen and oxygen atoms in total. The van der Waals surface area contributed by atoms with Gasteiger partial charge in [0, 0.05) is 6.54 Å². The van der Waals surface area contributed by atoms with Gasteiger partial charge in [-0.1, -0.05) is 36.4 Å². The third kappa shape index (κ3) is 7.48. The van der Waals surface area contributed by atoms with Gasteiger partial charge in [-0.05, 0) is 28.8 Å². The predicted molar refractivity (Wildman–Crippen MR) is 103 cm³/mol. The summed E-state index contributed by atoms with van der Waals surface area (Å²) in [7, 11) is 0. The molecule has 0 aliphatic carbocycles. The first-order chi connectivity index (χ1) is 11.9. The van der Waals surface area contributed by atoms with Gasteiger partial charge in [0.2, 0.25) is 0 Å². The van der Waals surface area contributed by atoms with E-state index in [-0.39, 0.29) is 48.8 Å². The van der Waals surface area contributed by atoms with Gasteiger partial charge in [-0.25, -0.2) is 4.99 Å². The third-order valence-electron chi connectivity index (χ3n) is 3.34. The average Bonchev–Trinajstić information content (AvgIpc) is 2.58. The molecule has 0 aromatic heterocycles. The fourth-order valence-electron chi connectivity index (χ4n) is 2.10. The summed E-state index contributed by atoms with van der Waals surface area (Å²) in [5.41, 5.74) is 8.16. The lowest BCUT2D eigenvalue weighted by Crippen LogP contribution is -2.31. The molecule has 0 radical (unpaired) electrons. The van der Waals surface area contributed by atoms with Gasteiger partial charge in [0.1, 0.15) is 5.75 Å². The van der Waals surface area contributed by atoms with Gasteiger partial charge in [0.05, 0.1) is 13.2 Å². The zero-order chi connectivity index (χ0) is 18.3. The Balaban J connectivity index is 0.00000338. The van der Waals surface area contributed by atoms with E-state index < -0.39 is 6.36 Å². The molecule has 0 saturated carbocycles. The molecule has 0 unspecified atom stereocenters. The number of halogens is 4. The molecule has 0 aliphatic rings. The molecule has 0 saturated heterocycles. The SMILES string of the molecule is I.NC(=NCc1ccc(OC(F)(F)F)cc1)NCc1ccccc1CO. The maximum Gasteiger partial charge on any atom is 0.573 e. The molecule has 0 spiro atoms. The van der Waals surface area contributed by atoms with E-state index >= 15 is 0 Å². The smallest absolute Gasteiger partial charge is 0.406 e. The van der Waals surface area contributed by atoms with Gasteiger partial charge in [0.25, 0.3) is 0 Å². The number of alkyl halides is 3. The lowest BCUT2D eigenvalue weighted by molar-refractivity contribution is -0.274. The number of nitrogens with zero attached hydrogens (tertiary/aromatic N) is 1. The summed E-state index contributed by atoms with van der Waals surface area (Å²) in [5.74, 6) is -0.0877. The van der Waals surface area contributed by atoms with Gasteiger partial charge in [0.15, 0.2) is 5.96 Å². The van der Waals surface area contributed by atoms with E-state index in [9.17, 15) is 18.3 Å². The molecular weight excluding hydrogens is 462 g/mol. The first kappa shape index (κ1) is 22.0. The Hall–Kier alpha value is -2.01. The molecule has 0 amide bonds. The number of aliphatic hydroxyl groups is 1. The van der Waals surface area contributed by atoms with Crippen molar-refractivity contribution in [3.05, 3.63) is 65.2 Å². The normalized spacial score (nSPS) is 11.6. The van der Waals surface area contributed by atoms with Gasteiger partial charge in [-0.3, -0.25) is 0 Å². The van der Waals surface area contributed by atoms with Gasteiger partial charge >= 0.3 is 6.36 Å². The molecule has 9 heteroatoms. The van der Waals surface area contributed by atoms with Crippen LogP contribution in [0.1, 0.15) is 16.7 Å². The Kier molecular flexibility index (Phi) is 8.66. The minimum absolute atomic E-state index is 0. The maximum absolute atomic E-state index is 12.1. The fourth-order valence-corrected chi connectivity index (χ4v) is 2.10. The van der Waals surface area contributed by atoms with Crippen LogP contribution in [0.15, 0.2) is 53.5 Å². The highest BCUT2D eigenvalue weighted by Crippen LogP contribution is 2.22. The van der Waals surface area contributed by atoms with Crippen molar-refractivity contribution in [1.82, 2.24) is 5.32 Å². The summed E-state index contributed by atoms with van der Waals surface area (Å²) in [4.78, 5) is 4.13. The number of hydrogen-bond acceptors (Lipinski definition) is 3. The van der Waals surface area contributed by atoms with Crippen LogP contribution in [0.3, 0.4) is 0 Å². The number of ether oxygens (including phenoxy) is 1. The third-order valence-corrected chi connectivity index (χ3v) is 3.34. The lowest BCUT2D eigenvalue weighted by atomic mass is 10.1. The van der Waals surface area contributed by atoms with Crippen LogP contribution in [0.2, 0.25) is 0 Å². The van der Waals surface area contributed by atoms with Crippen LogP contribution in [-0.2, 0) is 19.7 Å². The lowest BCUT2D eigenvalue weighted by Gasteiger charge is -2.10. The number of hydrogen-bond donors (Lipinski definition) is 3. The molecule has 0 heterocycles. The number of nitrogens with one attached hydrogen (secondary N) is 1. The van der Waals surface area contributed by atoms with E-state index in [1.807, 2.05) is 24.3 Å². The molecule has 4 N–H and O–H groups in total. The van der Waals surface area contributed by atoms with Crippen LogP contribution in [0, 0.1) is 0 Å². The summed E-state index contributed by atoms with van der Waals surface area (Å²) in [5, 5.41) is 12.2. The molecule has 2 aromatic rings. The standard InChI is InChI=1S/C17H18F3N3O2.HI/c18-17(19,20)25-15-7-5-12(6-8-15)9-22-16(21)23-10-13-3-1-2-4-14(13)11-24;/h1-8,24H,9-11H2,(H3,21,22,23);1H. The Morgan fingerprint density at radius 3 is 2.27 bits per heavy atom. The molecule has 142 valence electrons. The summed E-state index contributed by atoms with van der Waals surface area (Å²) in [6, 6.07) is 12.8. The Labute approximate surface area is 166 Å². The second-order valence-electron chi connectivity index (χ2n) is 5.17. The largest absolute Gasteiger partial charge is 0.573 e. The molecule has 26 heavy (non-hydrogen) atoms. The van der Waals surface area contributed by atoms with Crippen LogP contribution in [0.5, 0.6) is 5.75 Å². The minimum atomic E-state index is -4.71. The van der Waals surface area contributed by atoms with E-state index in [0.717, 1.165) is 11.1 Å². The number of aliphatic imine (C=N–C) groups is 1. The highest BCUT2D eigenvalue weighted by molar-refractivity contribution is 14.0. The van der Waals surface area contributed by atoms with Crippen LogP contribution in [0.25, 0.3) is 0 Å². The predicted octanol–water partition coefficient (Wildman–Crippen LogP) is 3.30. The van der Waals surface area contributed by atoms with Crippen molar-refractivity contribution in [1.29, 1.82) is 0 Å². The van der Waals surface area contributed by atoms with Crippen LogP contribution in [-0.4, -0.2) is 17.4 Å². The fraction of sp³-hybridized carbons (Fsp3) is 0.235. The number of guanidine groups is 1. The minimum Gasteiger partial charge on any atom is -0.406 e. The number of benzene rings is 2. The van der Waals surface area contributed by atoms with E-state index in [2.05, 4.69) is 15.0 Å². The van der Waals surface area contributed by atoms with Crippen molar-refractivity contribution in [2.24, 2.45) is 10.7 Å². The summed E-state index contributed by atoms with van der Waals surface area (Å²) in [6.45, 7) is 0.554. The average molecular weight is 481 g/mol. The Morgan fingerprint density at radius 2 is 1.69 bits per heavy atom. The molecule has 0 aliphatic heterocycles. The van der Waals surface area contributed by atoms with Crippen LogP contribution in [0.4, 0.5) is 13.2 Å². The first-order valence-corrected chi connectivity index (χ1v) is 7.43. The van der Waals surface area contributed by atoms with Crippen LogP contribution >= 0.6 is 24.0 Å². The van der Waals surface area contributed by atoms with Crippen molar-refractivity contribution >= 4 is 29.9 Å². The maximum atomic E-state index is 12.1. The van der Waals surface area contributed by atoms with Gasteiger partial charge in [-0.2, -0.15) is 0 Å². The molecule has 2 aromatic carbocycles. The zero-order valence-corrected chi connectivity index (χ0v) is 16.0. The zero-order valence-electron chi connectivity index (χ0n) is 13.7. The summed E-state index contributed by atoms with van der Waals surface area (Å²) in [6.07, 6.45) is -4.71. The quantitative estimate of drug-likeness (QED) is 0.336. The van der Waals surface area contributed by atoms with E-state index in [1.165, 1.54) is 24.3 Å². The Bertz CT molecular complexity index is 722. The number of rotatable bonds is 6. The summed E-state index contributed by atoms with van der Waals surface area (Å²) >= 11 is 0. The van der Waals surface area contributed by atoms with Crippen LogP contribution < -0.4 is 15.8 Å². The van der Waals surface area contributed by atoms with Crippen molar-refractivity contribution in [3.63, 3.8) is 0 Å². The monoisotopic (exact) mass is 481 g/mol. The molecule has 0 atom stereocenters. The summed E-state index contributed by atoms with van der Waals surface area (Å²) < 4.78 is 40.1. The van der Waals surface area contributed by atoms with Crippen molar-refractivity contribution in [2.75, 3.05) is 0 Å². The second-order valence-corrected chi connectivity index (χ2v) is 5.17. The van der Waals surface area contributed by atoms with E-state index in [1.54, 1.807) is 0 Å². The molecule has 0 bridgehead atoms. The van der Waals surface area contributed by atoms with Crippen molar-refractivity contribution in [3.8, 4) is 5.75 Å². The van der Waals surface area contributed by atoms with Crippen molar-refractivity contribution in [2.45, 2.75) is 26.1 Å². The molecule has 2 rings (SSSR count). The topological polar surface area (TPSA) is 79.9 Å². The Morgan fingerprint density at radius 1 is 1.08 bits per heavy atom. The molecule has 0 fully saturated rings.